The molecule has 0 spiro atoms. The van der Waals surface area contributed by atoms with E-state index in [0.717, 1.165) is 54.2 Å². The molecule has 0 aliphatic carbocycles. The van der Waals surface area contributed by atoms with Crippen LogP contribution in [0.15, 0.2) is 59.9 Å². The third-order valence-electron chi connectivity index (χ3n) is 6.62. The van der Waals surface area contributed by atoms with Gasteiger partial charge in [0.1, 0.15) is 11.9 Å². The lowest BCUT2D eigenvalue weighted by Crippen LogP contribution is -2.43. The van der Waals surface area contributed by atoms with E-state index in [1.165, 1.54) is 0 Å². The normalized spacial score (nSPS) is 20.1. The predicted octanol–water partition coefficient (Wildman–Crippen LogP) is 5.15. The Labute approximate surface area is 199 Å². The van der Waals surface area contributed by atoms with Crippen molar-refractivity contribution in [2.24, 2.45) is 11.8 Å². The quantitative estimate of drug-likeness (QED) is 0.414. The number of thioether (sulfide) groups is 1. The van der Waals surface area contributed by atoms with E-state index in [-0.39, 0.29) is 12.5 Å². The van der Waals surface area contributed by atoms with E-state index in [0.29, 0.717) is 23.7 Å². The molecule has 3 aromatic rings. The number of rotatable bonds is 10. The van der Waals surface area contributed by atoms with Crippen LogP contribution in [0.2, 0.25) is 0 Å². The highest BCUT2D eigenvalue weighted by molar-refractivity contribution is 7.99. The van der Waals surface area contributed by atoms with Gasteiger partial charge in [-0.2, -0.15) is 0 Å². The molecule has 7 heteroatoms. The minimum atomic E-state index is -1.06. The molecule has 5 nitrogen and oxygen atoms in total. The van der Waals surface area contributed by atoms with E-state index in [1.807, 2.05) is 42.6 Å². The van der Waals surface area contributed by atoms with Crippen LogP contribution in [0.1, 0.15) is 31.0 Å². The number of hydrogen-bond acceptors (Lipinski definition) is 6. The number of aliphatic hydroxyl groups is 1. The Morgan fingerprint density at radius 3 is 2.88 bits per heavy atom. The molecule has 1 aromatic carbocycles. The van der Waals surface area contributed by atoms with Crippen LogP contribution in [-0.4, -0.2) is 59.1 Å². The average molecular weight is 470 g/mol. The van der Waals surface area contributed by atoms with Crippen LogP contribution in [0.5, 0.6) is 5.75 Å². The number of halogens is 1. The van der Waals surface area contributed by atoms with E-state index in [9.17, 15) is 5.11 Å². The predicted molar refractivity (Wildman–Crippen MR) is 131 cm³/mol. The second-order valence-electron chi connectivity index (χ2n) is 8.64. The number of nitrogens with zero attached hydrogens (tertiary/aromatic N) is 3. The first-order chi connectivity index (χ1) is 16.2. The van der Waals surface area contributed by atoms with E-state index in [4.69, 9.17) is 4.74 Å². The molecule has 176 valence electrons. The van der Waals surface area contributed by atoms with Gasteiger partial charge in [-0.15, -0.1) is 11.8 Å². The van der Waals surface area contributed by atoms with Gasteiger partial charge in [-0.1, -0.05) is 6.07 Å². The Morgan fingerprint density at radius 2 is 2.09 bits per heavy atom. The van der Waals surface area contributed by atoms with Gasteiger partial charge in [0.25, 0.3) is 0 Å². The Morgan fingerprint density at radius 1 is 1.18 bits per heavy atom. The summed E-state index contributed by atoms with van der Waals surface area (Å²) in [6, 6.07) is 13.3. The van der Waals surface area contributed by atoms with E-state index < -0.39 is 6.17 Å². The van der Waals surface area contributed by atoms with Crippen molar-refractivity contribution in [1.82, 2.24) is 14.9 Å². The third kappa shape index (κ3) is 6.22. The summed E-state index contributed by atoms with van der Waals surface area (Å²) in [5.41, 5.74) is 1.45. The zero-order valence-corrected chi connectivity index (χ0v) is 19.9. The largest absolute Gasteiger partial charge is 0.497 e. The van der Waals surface area contributed by atoms with Crippen LogP contribution in [0.3, 0.4) is 0 Å². The van der Waals surface area contributed by atoms with E-state index in [2.05, 4.69) is 14.9 Å². The number of aliphatic hydroxyl groups excluding tert-OH is 1. The Bertz CT molecular complexity index is 1020. The molecule has 0 radical (unpaired) electrons. The van der Waals surface area contributed by atoms with Crippen molar-refractivity contribution in [3.8, 4) is 5.75 Å². The summed E-state index contributed by atoms with van der Waals surface area (Å²) in [6.45, 7) is 2.99. The molecule has 0 saturated carbocycles. The van der Waals surface area contributed by atoms with Crippen LogP contribution >= 0.6 is 11.8 Å². The van der Waals surface area contributed by atoms with Gasteiger partial charge in [0, 0.05) is 43.2 Å². The van der Waals surface area contributed by atoms with E-state index >= 15 is 4.39 Å². The van der Waals surface area contributed by atoms with Crippen molar-refractivity contribution in [2.75, 3.05) is 39.1 Å². The van der Waals surface area contributed by atoms with Crippen LogP contribution < -0.4 is 4.74 Å². The molecular weight excluding hydrogens is 437 g/mol. The summed E-state index contributed by atoms with van der Waals surface area (Å²) in [5, 5.41) is 11.9. The summed E-state index contributed by atoms with van der Waals surface area (Å²) >= 11 is 1.76. The molecular formula is C26H32FN3O2S. The van der Waals surface area contributed by atoms with Gasteiger partial charge >= 0.3 is 0 Å². The summed E-state index contributed by atoms with van der Waals surface area (Å²) < 4.78 is 20.7. The highest BCUT2D eigenvalue weighted by Crippen LogP contribution is 2.35. The van der Waals surface area contributed by atoms with Crippen molar-refractivity contribution in [2.45, 2.75) is 30.5 Å². The number of hydrogen-bond donors (Lipinski definition) is 1. The van der Waals surface area contributed by atoms with Gasteiger partial charge < -0.3 is 14.7 Å². The summed E-state index contributed by atoms with van der Waals surface area (Å²) in [4.78, 5) is 11.1. The van der Waals surface area contributed by atoms with Crippen LogP contribution in [0.4, 0.5) is 4.39 Å². The summed E-state index contributed by atoms with van der Waals surface area (Å²) in [6.07, 6.45) is 4.66. The molecule has 4 rings (SSSR count). The molecule has 1 saturated heterocycles. The second-order valence-corrected chi connectivity index (χ2v) is 9.75. The topological polar surface area (TPSA) is 58.5 Å². The SMILES string of the molecule is COc1ccc2nccc(C(F)CC[C@@H]3CCN(CCSc4ccccn4)C[C@@H]3CO)c2c1. The minimum Gasteiger partial charge on any atom is -0.497 e. The molecule has 0 bridgehead atoms. The first kappa shape index (κ1) is 23.9. The smallest absolute Gasteiger partial charge is 0.126 e. The minimum absolute atomic E-state index is 0.154. The van der Waals surface area contributed by atoms with Crippen molar-refractivity contribution >= 4 is 22.7 Å². The van der Waals surface area contributed by atoms with Crippen molar-refractivity contribution in [3.05, 3.63) is 60.4 Å². The van der Waals surface area contributed by atoms with E-state index in [1.54, 1.807) is 31.1 Å². The number of pyridine rings is 2. The molecule has 33 heavy (non-hydrogen) atoms. The lowest BCUT2D eigenvalue weighted by atomic mass is 9.81. The number of likely N-dealkylation sites (tertiary alicyclic amines) is 1. The number of fused-ring (bicyclic) bond motifs is 1. The number of methoxy groups -OCH3 is 1. The average Bonchev–Trinajstić information content (AvgIpc) is 2.87. The molecule has 1 aliphatic heterocycles. The fraction of sp³-hybridized carbons (Fsp3) is 0.462. The molecule has 1 aliphatic rings. The van der Waals surface area contributed by atoms with Crippen molar-refractivity contribution in [3.63, 3.8) is 0 Å². The zero-order chi connectivity index (χ0) is 23.0. The van der Waals surface area contributed by atoms with Gasteiger partial charge in [-0.3, -0.25) is 4.98 Å². The van der Waals surface area contributed by atoms with Crippen molar-refractivity contribution < 1.29 is 14.2 Å². The van der Waals surface area contributed by atoms with Gasteiger partial charge in [0.05, 0.1) is 17.7 Å². The first-order valence-electron chi connectivity index (χ1n) is 11.6. The maximum Gasteiger partial charge on any atom is 0.126 e. The highest BCUT2D eigenvalue weighted by atomic mass is 32.2. The molecule has 3 heterocycles. The molecule has 2 aromatic heterocycles. The fourth-order valence-corrected chi connectivity index (χ4v) is 5.59. The molecule has 0 amide bonds. The molecule has 1 fully saturated rings. The molecule has 1 unspecified atom stereocenters. The van der Waals surface area contributed by atoms with Gasteiger partial charge in [0.15, 0.2) is 0 Å². The van der Waals surface area contributed by atoms with Gasteiger partial charge in [0.2, 0.25) is 0 Å². The third-order valence-corrected chi connectivity index (χ3v) is 7.54. The lowest BCUT2D eigenvalue weighted by Gasteiger charge is -2.38. The monoisotopic (exact) mass is 469 g/mol. The number of piperidine rings is 1. The van der Waals surface area contributed by atoms with Crippen molar-refractivity contribution in [1.29, 1.82) is 0 Å². The van der Waals surface area contributed by atoms with Crippen LogP contribution in [-0.2, 0) is 0 Å². The summed E-state index contributed by atoms with van der Waals surface area (Å²) in [7, 11) is 1.61. The lowest BCUT2D eigenvalue weighted by molar-refractivity contribution is 0.0672. The van der Waals surface area contributed by atoms with Gasteiger partial charge in [-0.05, 0) is 79.6 Å². The zero-order valence-electron chi connectivity index (χ0n) is 19.1. The summed E-state index contributed by atoms with van der Waals surface area (Å²) in [5.74, 6) is 2.22. The van der Waals surface area contributed by atoms with Gasteiger partial charge in [-0.25, -0.2) is 9.37 Å². The number of alkyl halides is 1. The number of benzene rings is 1. The first-order valence-corrected chi connectivity index (χ1v) is 12.6. The Kier molecular flexibility index (Phi) is 8.53. The standard InChI is InChI=1S/C26H32FN3O2S/c1-32-21-6-8-25-23(16-21)22(9-12-28-25)24(27)7-5-19-10-13-30(17-20(19)18-31)14-15-33-26-4-2-3-11-29-26/h2-4,6,8-9,11-12,16,19-20,24,31H,5,7,10,13-15,17-18H2,1H3/t19-,20-,24?/m1/s1. The second kappa shape index (κ2) is 11.8. The Balaban J connectivity index is 1.30. The highest BCUT2D eigenvalue weighted by Gasteiger charge is 2.29. The van der Waals surface area contributed by atoms with Crippen LogP contribution in [0, 0.1) is 11.8 Å². The number of ether oxygens (including phenoxy) is 1. The molecule has 3 atom stereocenters. The maximum atomic E-state index is 15.3. The van der Waals surface area contributed by atoms with Crippen LogP contribution in [0.25, 0.3) is 10.9 Å². The Hall–Kier alpha value is -2.22. The maximum absolute atomic E-state index is 15.3. The number of aromatic nitrogens is 2. The molecule has 1 N–H and O–H groups in total. The fourth-order valence-electron chi connectivity index (χ4n) is 4.72.